The molecule has 1 aromatic heterocycles. The summed E-state index contributed by atoms with van der Waals surface area (Å²) in [7, 11) is 0. The van der Waals surface area contributed by atoms with Crippen molar-refractivity contribution in [1.82, 2.24) is 4.98 Å². The molecule has 4 heteroatoms. The van der Waals surface area contributed by atoms with Crippen molar-refractivity contribution >= 4 is 22.4 Å². The van der Waals surface area contributed by atoms with E-state index in [1.807, 2.05) is 54.7 Å². The lowest BCUT2D eigenvalue weighted by atomic mass is 9.95. The van der Waals surface area contributed by atoms with Crippen LogP contribution in [-0.4, -0.2) is 10.9 Å². The maximum Gasteiger partial charge on any atom is 0.236 e. The van der Waals surface area contributed by atoms with Crippen LogP contribution < -0.4 is 5.32 Å². The predicted octanol–water partition coefficient (Wildman–Crippen LogP) is 4.40. The van der Waals surface area contributed by atoms with Crippen molar-refractivity contribution in [3.63, 3.8) is 0 Å². The van der Waals surface area contributed by atoms with Gasteiger partial charge in [-0.15, -0.1) is 11.3 Å². The summed E-state index contributed by atoms with van der Waals surface area (Å²) in [5.41, 5.74) is 2.00. The molecule has 1 aliphatic carbocycles. The number of carbonyl (C=O) groups is 1. The highest BCUT2D eigenvalue weighted by atomic mass is 32.1. The third kappa shape index (κ3) is 2.97. The Morgan fingerprint density at radius 1 is 1.04 bits per heavy atom. The molecule has 120 valence electrons. The first-order valence-electron chi connectivity index (χ1n) is 8.12. The van der Waals surface area contributed by atoms with E-state index >= 15 is 0 Å². The van der Waals surface area contributed by atoms with E-state index in [2.05, 4.69) is 22.4 Å². The van der Waals surface area contributed by atoms with Gasteiger partial charge in [-0.3, -0.25) is 4.79 Å². The zero-order valence-corrected chi connectivity index (χ0v) is 14.1. The van der Waals surface area contributed by atoms with Gasteiger partial charge in [0.25, 0.3) is 0 Å². The molecule has 1 heterocycles. The highest BCUT2D eigenvalue weighted by Gasteiger charge is 2.51. The van der Waals surface area contributed by atoms with Crippen molar-refractivity contribution in [2.45, 2.75) is 24.7 Å². The summed E-state index contributed by atoms with van der Waals surface area (Å²) in [6, 6.07) is 20.3. The lowest BCUT2D eigenvalue weighted by Gasteiger charge is -2.14. The molecule has 1 aliphatic rings. The fraction of sp³-hybridized carbons (Fsp3) is 0.200. The van der Waals surface area contributed by atoms with E-state index in [9.17, 15) is 4.79 Å². The number of nitrogens with one attached hydrogen (secondary N) is 1. The molecule has 1 fully saturated rings. The average molecular weight is 334 g/mol. The molecule has 3 nitrogen and oxygen atoms in total. The normalized spacial score (nSPS) is 15.0. The number of hydrogen-bond acceptors (Lipinski definition) is 3. The van der Waals surface area contributed by atoms with Gasteiger partial charge in [-0.1, -0.05) is 60.7 Å². The smallest absolute Gasteiger partial charge is 0.236 e. The summed E-state index contributed by atoms with van der Waals surface area (Å²) in [6.45, 7) is 0. The molecule has 0 saturated heterocycles. The van der Waals surface area contributed by atoms with E-state index in [1.165, 1.54) is 5.56 Å². The molecule has 0 atom stereocenters. The lowest BCUT2D eigenvalue weighted by molar-refractivity contribution is -0.118. The molecule has 1 saturated carbocycles. The highest BCUT2D eigenvalue weighted by Crippen LogP contribution is 2.49. The second-order valence-corrected chi connectivity index (χ2v) is 7.31. The van der Waals surface area contributed by atoms with Crippen molar-refractivity contribution in [3.8, 4) is 0 Å². The van der Waals surface area contributed by atoms with Crippen molar-refractivity contribution in [2.24, 2.45) is 0 Å². The Kier molecular flexibility index (Phi) is 3.90. The van der Waals surface area contributed by atoms with E-state index in [0.29, 0.717) is 5.13 Å². The van der Waals surface area contributed by atoms with Gasteiger partial charge in [0, 0.05) is 17.5 Å². The van der Waals surface area contributed by atoms with Gasteiger partial charge in [0.05, 0.1) is 5.41 Å². The number of aromatic nitrogens is 1. The quantitative estimate of drug-likeness (QED) is 0.751. The van der Waals surface area contributed by atoms with Crippen molar-refractivity contribution in [1.29, 1.82) is 0 Å². The first-order chi connectivity index (χ1) is 11.8. The number of rotatable bonds is 5. The molecular formula is C20H18N2OS. The fourth-order valence-corrected chi connectivity index (χ4v) is 3.83. The largest absolute Gasteiger partial charge is 0.301 e. The van der Waals surface area contributed by atoms with E-state index in [0.717, 1.165) is 29.7 Å². The van der Waals surface area contributed by atoms with Gasteiger partial charge in [-0.05, 0) is 24.0 Å². The minimum Gasteiger partial charge on any atom is -0.301 e. The average Bonchev–Trinajstić information content (AvgIpc) is 3.33. The van der Waals surface area contributed by atoms with Crippen LogP contribution in [0.2, 0.25) is 0 Å². The molecule has 24 heavy (non-hydrogen) atoms. The zero-order chi connectivity index (χ0) is 16.4. The Hall–Kier alpha value is -2.46. The minimum atomic E-state index is -0.355. The Morgan fingerprint density at radius 3 is 2.38 bits per heavy atom. The summed E-state index contributed by atoms with van der Waals surface area (Å²) >= 11 is 1.55. The van der Waals surface area contributed by atoms with Crippen LogP contribution in [0.5, 0.6) is 0 Å². The number of anilines is 1. The van der Waals surface area contributed by atoms with E-state index in [4.69, 9.17) is 0 Å². The van der Waals surface area contributed by atoms with Crippen LogP contribution in [0.4, 0.5) is 5.13 Å². The van der Waals surface area contributed by atoms with Crippen molar-refractivity contribution in [2.75, 3.05) is 5.32 Å². The van der Waals surface area contributed by atoms with Crippen LogP contribution in [0.25, 0.3) is 0 Å². The number of thiazole rings is 1. The number of benzene rings is 2. The predicted molar refractivity (Wildman–Crippen MR) is 97.3 cm³/mol. The van der Waals surface area contributed by atoms with Gasteiger partial charge in [-0.2, -0.15) is 0 Å². The first-order valence-corrected chi connectivity index (χ1v) is 8.93. The SMILES string of the molecule is O=C(Nc1ncc(Cc2ccccc2)s1)C1(c2ccccc2)CC1. The molecular weight excluding hydrogens is 316 g/mol. The molecule has 0 unspecified atom stereocenters. The van der Waals surface area contributed by atoms with Crippen LogP contribution in [0.3, 0.4) is 0 Å². The fourth-order valence-electron chi connectivity index (χ4n) is 2.99. The molecule has 0 aliphatic heterocycles. The Balaban J connectivity index is 1.46. The maximum absolute atomic E-state index is 12.7. The molecule has 1 N–H and O–H groups in total. The van der Waals surface area contributed by atoms with Gasteiger partial charge in [-0.25, -0.2) is 4.98 Å². The lowest BCUT2D eigenvalue weighted by Crippen LogP contribution is -2.27. The van der Waals surface area contributed by atoms with Crippen molar-refractivity contribution < 1.29 is 4.79 Å². The monoisotopic (exact) mass is 334 g/mol. The number of carbonyl (C=O) groups excluding carboxylic acids is 1. The summed E-state index contributed by atoms with van der Waals surface area (Å²) in [4.78, 5) is 18.2. The van der Waals surface area contributed by atoms with Gasteiger partial charge < -0.3 is 5.32 Å². The number of amides is 1. The van der Waals surface area contributed by atoms with Crippen LogP contribution in [0, 0.1) is 0 Å². The Bertz CT molecular complexity index is 838. The standard InChI is InChI=1S/C20H18N2OS/c23-18(20(11-12-20)16-9-5-2-6-10-16)22-19-21-14-17(24-19)13-15-7-3-1-4-8-15/h1-10,14H,11-13H2,(H,21,22,23). The van der Waals surface area contributed by atoms with Crippen LogP contribution in [0.15, 0.2) is 66.9 Å². The van der Waals surface area contributed by atoms with E-state index in [-0.39, 0.29) is 11.3 Å². The van der Waals surface area contributed by atoms with Gasteiger partial charge in [0.2, 0.25) is 5.91 Å². The zero-order valence-electron chi connectivity index (χ0n) is 13.2. The third-order valence-electron chi connectivity index (χ3n) is 4.51. The second kappa shape index (κ2) is 6.21. The summed E-state index contributed by atoms with van der Waals surface area (Å²) in [6.07, 6.45) is 4.52. The molecule has 1 amide bonds. The van der Waals surface area contributed by atoms with E-state index in [1.54, 1.807) is 11.3 Å². The van der Waals surface area contributed by atoms with Crippen LogP contribution >= 0.6 is 11.3 Å². The molecule has 2 aromatic carbocycles. The maximum atomic E-state index is 12.7. The Labute approximate surface area is 145 Å². The molecule has 0 bridgehead atoms. The van der Waals surface area contributed by atoms with E-state index < -0.39 is 0 Å². The summed E-state index contributed by atoms with van der Waals surface area (Å²) in [5, 5.41) is 3.71. The molecule has 3 aromatic rings. The molecule has 4 rings (SSSR count). The first kappa shape index (κ1) is 15.1. The topological polar surface area (TPSA) is 42.0 Å². The highest BCUT2D eigenvalue weighted by molar-refractivity contribution is 7.15. The summed E-state index contributed by atoms with van der Waals surface area (Å²) in [5.74, 6) is 0.0642. The minimum absolute atomic E-state index is 0.0642. The Morgan fingerprint density at radius 2 is 1.71 bits per heavy atom. The van der Waals surface area contributed by atoms with Gasteiger partial charge in [0.15, 0.2) is 5.13 Å². The van der Waals surface area contributed by atoms with Gasteiger partial charge >= 0.3 is 0 Å². The van der Waals surface area contributed by atoms with Crippen LogP contribution in [0.1, 0.15) is 28.8 Å². The third-order valence-corrected chi connectivity index (χ3v) is 5.42. The van der Waals surface area contributed by atoms with Gasteiger partial charge in [0.1, 0.15) is 0 Å². The molecule has 0 radical (unpaired) electrons. The summed E-state index contributed by atoms with van der Waals surface area (Å²) < 4.78 is 0. The molecule has 0 spiro atoms. The number of hydrogen-bond donors (Lipinski definition) is 1. The van der Waals surface area contributed by atoms with Crippen LogP contribution in [-0.2, 0) is 16.6 Å². The van der Waals surface area contributed by atoms with Crippen molar-refractivity contribution in [3.05, 3.63) is 82.9 Å². The second-order valence-electron chi connectivity index (χ2n) is 6.20. The number of nitrogens with zero attached hydrogens (tertiary/aromatic N) is 1.